The van der Waals surface area contributed by atoms with E-state index in [-0.39, 0.29) is 0 Å². The minimum atomic E-state index is 0.694. The van der Waals surface area contributed by atoms with Crippen LogP contribution in [0.1, 0.15) is 11.1 Å². The topological polar surface area (TPSA) is 73.3 Å². The standard InChI is InChI=1S/C15H19N3O/c1-9-6-12(7-10(2)15(9)17)19-11-4-5-13(16)14(8-11)18-3/h4-8,18H,16-17H2,1-3H3. The fourth-order valence-corrected chi connectivity index (χ4v) is 1.95. The first kappa shape index (κ1) is 13.1. The maximum atomic E-state index is 5.93. The molecule has 100 valence electrons. The molecule has 0 amide bonds. The van der Waals surface area contributed by atoms with Gasteiger partial charge in [-0.05, 0) is 49.2 Å². The molecular formula is C15H19N3O. The van der Waals surface area contributed by atoms with Crippen LogP contribution in [0.2, 0.25) is 0 Å². The molecule has 2 rings (SSSR count). The second-order valence-corrected chi connectivity index (χ2v) is 4.57. The van der Waals surface area contributed by atoms with Crippen molar-refractivity contribution in [1.29, 1.82) is 0 Å². The number of nitrogens with two attached hydrogens (primary N) is 2. The Morgan fingerprint density at radius 3 is 2.16 bits per heavy atom. The summed E-state index contributed by atoms with van der Waals surface area (Å²) in [5, 5.41) is 3.03. The third-order valence-electron chi connectivity index (χ3n) is 3.10. The average molecular weight is 257 g/mol. The van der Waals surface area contributed by atoms with Gasteiger partial charge in [0.2, 0.25) is 0 Å². The first-order chi connectivity index (χ1) is 9.01. The van der Waals surface area contributed by atoms with Crippen molar-refractivity contribution in [3.8, 4) is 11.5 Å². The smallest absolute Gasteiger partial charge is 0.129 e. The molecule has 4 heteroatoms. The molecule has 0 heterocycles. The molecule has 0 bridgehead atoms. The summed E-state index contributed by atoms with van der Waals surface area (Å²) < 4.78 is 5.84. The lowest BCUT2D eigenvalue weighted by Gasteiger charge is -2.12. The number of hydrogen-bond acceptors (Lipinski definition) is 4. The third-order valence-corrected chi connectivity index (χ3v) is 3.10. The van der Waals surface area contributed by atoms with E-state index in [0.29, 0.717) is 5.69 Å². The van der Waals surface area contributed by atoms with Crippen LogP contribution in [0.3, 0.4) is 0 Å². The van der Waals surface area contributed by atoms with Gasteiger partial charge in [-0.25, -0.2) is 0 Å². The van der Waals surface area contributed by atoms with Crippen molar-refractivity contribution in [3.05, 3.63) is 41.5 Å². The van der Waals surface area contributed by atoms with Crippen molar-refractivity contribution >= 4 is 17.1 Å². The van der Waals surface area contributed by atoms with Crippen molar-refractivity contribution in [2.24, 2.45) is 0 Å². The van der Waals surface area contributed by atoms with Crippen LogP contribution in [0.4, 0.5) is 17.1 Å². The molecule has 0 saturated carbocycles. The molecule has 0 unspecified atom stereocenters. The van der Waals surface area contributed by atoms with Crippen LogP contribution in [0.5, 0.6) is 11.5 Å². The minimum Gasteiger partial charge on any atom is -0.457 e. The molecule has 0 aliphatic heterocycles. The Morgan fingerprint density at radius 2 is 1.58 bits per heavy atom. The van der Waals surface area contributed by atoms with Gasteiger partial charge < -0.3 is 21.5 Å². The average Bonchev–Trinajstić information content (AvgIpc) is 2.38. The Kier molecular flexibility index (Phi) is 3.51. The summed E-state index contributed by atoms with van der Waals surface area (Å²) in [6, 6.07) is 9.39. The molecule has 4 nitrogen and oxygen atoms in total. The molecule has 0 radical (unpaired) electrons. The number of anilines is 3. The molecule has 0 aliphatic rings. The monoisotopic (exact) mass is 257 g/mol. The van der Waals surface area contributed by atoms with Gasteiger partial charge >= 0.3 is 0 Å². The van der Waals surface area contributed by atoms with Crippen LogP contribution in [0.25, 0.3) is 0 Å². The fourth-order valence-electron chi connectivity index (χ4n) is 1.95. The molecule has 0 saturated heterocycles. The maximum absolute atomic E-state index is 5.93. The van der Waals surface area contributed by atoms with Gasteiger partial charge in [0.25, 0.3) is 0 Å². The summed E-state index contributed by atoms with van der Waals surface area (Å²) in [6.45, 7) is 3.94. The van der Waals surface area contributed by atoms with Gasteiger partial charge in [-0.2, -0.15) is 0 Å². The van der Waals surface area contributed by atoms with E-state index in [2.05, 4.69) is 5.32 Å². The Morgan fingerprint density at radius 1 is 0.947 bits per heavy atom. The Bertz CT molecular complexity index is 585. The van der Waals surface area contributed by atoms with Gasteiger partial charge in [-0.15, -0.1) is 0 Å². The number of benzene rings is 2. The first-order valence-electron chi connectivity index (χ1n) is 6.13. The third kappa shape index (κ3) is 2.73. The first-order valence-corrected chi connectivity index (χ1v) is 6.13. The lowest BCUT2D eigenvalue weighted by atomic mass is 10.1. The van der Waals surface area contributed by atoms with Crippen molar-refractivity contribution in [2.75, 3.05) is 23.8 Å². The molecule has 2 aromatic carbocycles. The Hall–Kier alpha value is -2.36. The van der Waals surface area contributed by atoms with E-state index in [1.165, 1.54) is 0 Å². The SMILES string of the molecule is CNc1cc(Oc2cc(C)c(N)c(C)c2)ccc1N. The predicted octanol–water partition coefficient (Wildman–Crippen LogP) is 3.30. The number of nitrogens with one attached hydrogen (secondary N) is 1. The van der Waals surface area contributed by atoms with Crippen LogP contribution in [-0.4, -0.2) is 7.05 Å². The highest BCUT2D eigenvalue weighted by atomic mass is 16.5. The second kappa shape index (κ2) is 5.10. The minimum absolute atomic E-state index is 0.694. The van der Waals surface area contributed by atoms with E-state index in [0.717, 1.165) is 34.0 Å². The number of rotatable bonds is 3. The predicted molar refractivity (Wildman–Crippen MR) is 80.8 cm³/mol. The zero-order valence-corrected chi connectivity index (χ0v) is 11.4. The maximum Gasteiger partial charge on any atom is 0.129 e. The summed E-state index contributed by atoms with van der Waals surface area (Å²) >= 11 is 0. The van der Waals surface area contributed by atoms with Crippen LogP contribution >= 0.6 is 0 Å². The van der Waals surface area contributed by atoms with Gasteiger partial charge in [-0.3, -0.25) is 0 Å². The zero-order valence-electron chi connectivity index (χ0n) is 11.4. The van der Waals surface area contributed by atoms with Gasteiger partial charge in [-0.1, -0.05) is 0 Å². The molecule has 5 N–H and O–H groups in total. The second-order valence-electron chi connectivity index (χ2n) is 4.57. The quantitative estimate of drug-likeness (QED) is 0.738. The van der Waals surface area contributed by atoms with E-state index in [1.54, 1.807) is 0 Å². The van der Waals surface area contributed by atoms with Crippen LogP contribution in [0.15, 0.2) is 30.3 Å². The number of ether oxygens (including phenoxy) is 1. The lowest BCUT2D eigenvalue weighted by Crippen LogP contribution is -1.97. The van der Waals surface area contributed by atoms with E-state index < -0.39 is 0 Å². The van der Waals surface area contributed by atoms with Crippen molar-refractivity contribution in [3.63, 3.8) is 0 Å². The van der Waals surface area contributed by atoms with Gasteiger partial charge in [0.15, 0.2) is 0 Å². The van der Waals surface area contributed by atoms with E-state index in [4.69, 9.17) is 16.2 Å². The highest BCUT2D eigenvalue weighted by Crippen LogP contribution is 2.30. The summed E-state index contributed by atoms with van der Waals surface area (Å²) in [6.07, 6.45) is 0. The molecule has 19 heavy (non-hydrogen) atoms. The normalized spacial score (nSPS) is 10.3. The number of hydrogen-bond donors (Lipinski definition) is 3. The number of aryl methyl sites for hydroxylation is 2. The van der Waals surface area contributed by atoms with E-state index in [1.807, 2.05) is 51.2 Å². The van der Waals surface area contributed by atoms with Crippen molar-refractivity contribution in [2.45, 2.75) is 13.8 Å². The van der Waals surface area contributed by atoms with Crippen LogP contribution in [-0.2, 0) is 0 Å². The van der Waals surface area contributed by atoms with Gasteiger partial charge in [0.1, 0.15) is 11.5 Å². The molecular weight excluding hydrogens is 238 g/mol. The van der Waals surface area contributed by atoms with Crippen molar-refractivity contribution in [1.82, 2.24) is 0 Å². The molecule has 0 atom stereocenters. The summed E-state index contributed by atoms with van der Waals surface area (Å²) in [7, 11) is 1.83. The summed E-state index contributed by atoms with van der Waals surface area (Å²) in [5.41, 5.74) is 16.1. The number of nitrogen functional groups attached to an aromatic ring is 2. The van der Waals surface area contributed by atoms with Gasteiger partial charge in [0, 0.05) is 18.8 Å². The fraction of sp³-hybridized carbons (Fsp3) is 0.200. The van der Waals surface area contributed by atoms with E-state index >= 15 is 0 Å². The highest BCUT2D eigenvalue weighted by Gasteiger charge is 2.05. The molecule has 0 aromatic heterocycles. The largest absolute Gasteiger partial charge is 0.457 e. The van der Waals surface area contributed by atoms with Crippen molar-refractivity contribution < 1.29 is 4.74 Å². The Balaban J connectivity index is 2.31. The van der Waals surface area contributed by atoms with Crippen LogP contribution in [0, 0.1) is 13.8 Å². The van der Waals surface area contributed by atoms with E-state index in [9.17, 15) is 0 Å². The Labute approximate surface area is 113 Å². The lowest BCUT2D eigenvalue weighted by molar-refractivity contribution is 0.482. The highest BCUT2D eigenvalue weighted by molar-refractivity contribution is 5.68. The molecule has 2 aromatic rings. The zero-order chi connectivity index (χ0) is 14.0. The van der Waals surface area contributed by atoms with Crippen LogP contribution < -0.4 is 21.5 Å². The molecule has 0 fully saturated rings. The molecule has 0 aliphatic carbocycles. The van der Waals surface area contributed by atoms with Gasteiger partial charge in [0.05, 0.1) is 11.4 Å². The molecule has 0 spiro atoms. The summed E-state index contributed by atoms with van der Waals surface area (Å²) in [5.74, 6) is 1.51. The summed E-state index contributed by atoms with van der Waals surface area (Å²) in [4.78, 5) is 0.